The van der Waals surface area contributed by atoms with Gasteiger partial charge >= 0.3 is 7.60 Å². The zero-order chi connectivity index (χ0) is 12.9. The van der Waals surface area contributed by atoms with Crippen molar-refractivity contribution < 1.29 is 45.0 Å². The number of aliphatic hydroxyl groups is 6. The Labute approximate surface area is 89.4 Å². The van der Waals surface area contributed by atoms with Gasteiger partial charge in [-0.3, -0.25) is 4.57 Å². The average molecular weight is 260 g/mol. The van der Waals surface area contributed by atoms with Crippen molar-refractivity contribution in [2.45, 2.75) is 35.9 Å². The molecule has 0 radical (unpaired) electrons. The van der Waals surface area contributed by atoms with Gasteiger partial charge in [0.2, 0.25) is 5.34 Å². The summed E-state index contributed by atoms with van der Waals surface area (Å²) in [6, 6.07) is 0. The lowest BCUT2D eigenvalue weighted by Gasteiger charge is -2.47. The summed E-state index contributed by atoms with van der Waals surface area (Å²) in [5, 5.41) is 52.0. The smallest absolute Gasteiger partial charge is 0.362 e. The third-order valence-corrected chi connectivity index (χ3v) is 4.15. The number of hydrogen-bond donors (Lipinski definition) is 8. The third kappa shape index (κ3) is 1.70. The molecule has 8 N–H and O–H groups in total. The Hall–Kier alpha value is -0.0900. The first-order valence-corrected chi connectivity index (χ1v) is 5.84. The van der Waals surface area contributed by atoms with Gasteiger partial charge in [-0.05, 0) is 0 Å². The molecule has 0 aromatic heterocycles. The Bertz CT molecular complexity index is 297. The number of rotatable bonds is 1. The van der Waals surface area contributed by atoms with Crippen LogP contribution in [0.3, 0.4) is 0 Å². The second-order valence-corrected chi connectivity index (χ2v) is 5.49. The molecular weight excluding hydrogens is 247 g/mol. The molecule has 0 bridgehead atoms. The molecule has 0 aliphatic heterocycles. The normalized spacial score (nSPS) is 50.4. The van der Waals surface area contributed by atoms with Crippen LogP contribution in [-0.2, 0) is 4.57 Å². The summed E-state index contributed by atoms with van der Waals surface area (Å²) in [7, 11) is -5.44. The van der Waals surface area contributed by atoms with Crippen LogP contribution in [0.15, 0.2) is 0 Å². The Morgan fingerprint density at radius 1 is 0.812 bits per heavy atom. The largest absolute Gasteiger partial charge is 0.387 e. The third-order valence-electron chi connectivity index (χ3n) is 2.68. The fourth-order valence-corrected chi connectivity index (χ4v) is 2.59. The Kier molecular flexibility index (Phi) is 3.48. The maximum absolute atomic E-state index is 10.9. The highest BCUT2D eigenvalue weighted by atomic mass is 31.2. The van der Waals surface area contributed by atoms with Gasteiger partial charge in [-0.15, -0.1) is 0 Å². The maximum Gasteiger partial charge on any atom is 0.362 e. The predicted molar refractivity (Wildman–Crippen MR) is 47.0 cm³/mol. The maximum atomic E-state index is 10.9. The molecule has 9 nitrogen and oxygen atoms in total. The highest BCUT2D eigenvalue weighted by Gasteiger charge is 2.66. The molecule has 1 fully saturated rings. The molecule has 0 amide bonds. The molecule has 1 aliphatic rings. The molecule has 0 saturated heterocycles. The van der Waals surface area contributed by atoms with Crippen molar-refractivity contribution in [3.05, 3.63) is 0 Å². The number of hydrogen-bond acceptors (Lipinski definition) is 7. The van der Waals surface area contributed by atoms with E-state index in [9.17, 15) is 19.9 Å². The SMILES string of the molecule is O=P(O)(O)[C@]1(O)[C@H](O)[C@H](O)[C@H](O)[C@@H](O)[C@@H]1O. The summed E-state index contributed by atoms with van der Waals surface area (Å²) in [5.41, 5.74) is 0. The van der Waals surface area contributed by atoms with Gasteiger partial charge in [-0.2, -0.15) is 0 Å². The summed E-state index contributed by atoms with van der Waals surface area (Å²) < 4.78 is 10.9. The van der Waals surface area contributed by atoms with Crippen LogP contribution < -0.4 is 0 Å². The summed E-state index contributed by atoms with van der Waals surface area (Å²) in [5.74, 6) is 0. The van der Waals surface area contributed by atoms with Crippen LogP contribution in [0.2, 0.25) is 0 Å². The standard InChI is InChI=1S/C6H13O9P/c7-1-2(8)4(10)6(12,16(13,14)15)5(11)3(1)9/h1-5,7-12H,(H2,13,14,15)/t1-,2-,3-,4+,5-,6+/m1/s1. The first kappa shape index (κ1) is 14.0. The first-order chi connectivity index (χ1) is 7.05. The second kappa shape index (κ2) is 3.98. The summed E-state index contributed by atoms with van der Waals surface area (Å²) >= 11 is 0. The van der Waals surface area contributed by atoms with Crippen molar-refractivity contribution in [1.82, 2.24) is 0 Å². The van der Waals surface area contributed by atoms with E-state index in [2.05, 4.69) is 0 Å². The van der Waals surface area contributed by atoms with Crippen LogP contribution >= 0.6 is 7.60 Å². The van der Waals surface area contributed by atoms with Crippen LogP contribution in [0.25, 0.3) is 0 Å². The molecule has 1 aliphatic carbocycles. The highest BCUT2D eigenvalue weighted by Crippen LogP contribution is 2.55. The molecule has 0 aromatic carbocycles. The number of aliphatic hydroxyl groups excluding tert-OH is 5. The minimum atomic E-state index is -5.44. The topological polar surface area (TPSA) is 179 Å². The quantitative estimate of drug-likeness (QED) is 0.216. The van der Waals surface area contributed by atoms with Crippen LogP contribution in [-0.4, -0.2) is 76.3 Å². The van der Waals surface area contributed by atoms with Gasteiger partial charge in [0.25, 0.3) is 0 Å². The molecular formula is C6H13O9P. The predicted octanol–water partition coefficient (Wildman–Crippen LogP) is -4.33. The minimum absolute atomic E-state index is 2.03. The Morgan fingerprint density at radius 2 is 1.12 bits per heavy atom. The van der Waals surface area contributed by atoms with E-state index in [1.807, 2.05) is 0 Å². The van der Waals surface area contributed by atoms with Crippen LogP contribution in [0.5, 0.6) is 0 Å². The minimum Gasteiger partial charge on any atom is -0.387 e. The Balaban J connectivity index is 3.24. The van der Waals surface area contributed by atoms with Crippen molar-refractivity contribution in [2.24, 2.45) is 0 Å². The summed E-state index contributed by atoms with van der Waals surface area (Å²) in [6.45, 7) is 0. The van der Waals surface area contributed by atoms with Crippen molar-refractivity contribution >= 4 is 7.60 Å². The van der Waals surface area contributed by atoms with E-state index in [0.717, 1.165) is 0 Å². The van der Waals surface area contributed by atoms with Crippen molar-refractivity contribution in [1.29, 1.82) is 0 Å². The van der Waals surface area contributed by atoms with Gasteiger partial charge < -0.3 is 40.4 Å². The van der Waals surface area contributed by atoms with Gasteiger partial charge in [0, 0.05) is 0 Å². The van der Waals surface area contributed by atoms with E-state index in [1.165, 1.54) is 0 Å². The van der Waals surface area contributed by atoms with E-state index in [4.69, 9.17) is 25.1 Å². The first-order valence-electron chi connectivity index (χ1n) is 4.23. The summed E-state index contributed by atoms with van der Waals surface area (Å²) in [4.78, 5) is 17.6. The molecule has 0 aromatic rings. The zero-order valence-corrected chi connectivity index (χ0v) is 8.71. The van der Waals surface area contributed by atoms with Crippen LogP contribution in [0.1, 0.15) is 0 Å². The van der Waals surface area contributed by atoms with Gasteiger partial charge in [0.15, 0.2) is 0 Å². The lowest BCUT2D eigenvalue weighted by molar-refractivity contribution is -0.243. The monoisotopic (exact) mass is 260 g/mol. The molecule has 1 rings (SSSR count). The van der Waals surface area contributed by atoms with Gasteiger partial charge in [0.05, 0.1) is 0 Å². The average Bonchev–Trinajstić information content (AvgIpc) is 2.19. The Morgan fingerprint density at radius 3 is 1.38 bits per heavy atom. The van der Waals surface area contributed by atoms with Gasteiger partial charge in [-0.25, -0.2) is 0 Å². The van der Waals surface area contributed by atoms with Crippen molar-refractivity contribution in [3.63, 3.8) is 0 Å². The lowest BCUT2D eigenvalue weighted by Crippen LogP contribution is -2.70. The highest BCUT2D eigenvalue weighted by molar-refractivity contribution is 7.53. The van der Waals surface area contributed by atoms with E-state index in [-0.39, 0.29) is 0 Å². The van der Waals surface area contributed by atoms with E-state index >= 15 is 0 Å². The lowest BCUT2D eigenvalue weighted by atomic mass is 9.84. The molecule has 96 valence electrons. The molecule has 0 spiro atoms. The molecule has 10 heteroatoms. The molecule has 16 heavy (non-hydrogen) atoms. The van der Waals surface area contributed by atoms with Crippen LogP contribution in [0.4, 0.5) is 0 Å². The molecule has 1 saturated carbocycles. The van der Waals surface area contributed by atoms with Crippen molar-refractivity contribution in [2.75, 3.05) is 0 Å². The van der Waals surface area contributed by atoms with Crippen LogP contribution in [0, 0.1) is 0 Å². The second-order valence-electron chi connectivity index (χ2n) is 3.69. The molecule has 0 unspecified atom stereocenters. The fourth-order valence-electron chi connectivity index (χ4n) is 1.60. The van der Waals surface area contributed by atoms with E-state index < -0.39 is 43.5 Å². The summed E-state index contributed by atoms with van der Waals surface area (Å²) in [6.07, 6.45) is -11.4. The van der Waals surface area contributed by atoms with E-state index in [0.29, 0.717) is 0 Å². The molecule has 0 heterocycles. The zero-order valence-electron chi connectivity index (χ0n) is 7.82. The van der Waals surface area contributed by atoms with Gasteiger partial charge in [-0.1, -0.05) is 0 Å². The fraction of sp³-hybridized carbons (Fsp3) is 1.00. The van der Waals surface area contributed by atoms with E-state index in [1.54, 1.807) is 0 Å². The van der Waals surface area contributed by atoms with Gasteiger partial charge in [0.1, 0.15) is 30.5 Å². The van der Waals surface area contributed by atoms with Crippen molar-refractivity contribution in [3.8, 4) is 0 Å². The molecule has 6 atom stereocenters.